The number of aromatic nitrogens is 3. The van der Waals surface area contributed by atoms with E-state index in [1.807, 2.05) is 0 Å². The number of aliphatic carboxylic acids is 1. The van der Waals surface area contributed by atoms with Crippen LogP contribution in [0, 0.1) is 0 Å². The van der Waals surface area contributed by atoms with Crippen molar-refractivity contribution in [2.75, 3.05) is 13.1 Å². The molecule has 9 nitrogen and oxygen atoms in total. The zero-order valence-electron chi connectivity index (χ0n) is 18.3. The fraction of sp³-hybridized carbons (Fsp3) is 0.619. The van der Waals surface area contributed by atoms with Crippen LogP contribution in [-0.2, 0) is 29.2 Å². The molecular weight excluding hydrogens is 477 g/mol. The van der Waals surface area contributed by atoms with Gasteiger partial charge in [-0.3, -0.25) is 19.1 Å². The van der Waals surface area contributed by atoms with E-state index in [-0.39, 0.29) is 11.6 Å². The summed E-state index contributed by atoms with van der Waals surface area (Å²) in [4.78, 5) is 38.0. The van der Waals surface area contributed by atoms with Gasteiger partial charge in [-0.2, -0.15) is 18.3 Å². The van der Waals surface area contributed by atoms with Crippen molar-refractivity contribution in [3.05, 3.63) is 48.9 Å². The monoisotopic (exact) mass is 502 g/mol. The van der Waals surface area contributed by atoms with Gasteiger partial charge in [0.25, 0.3) is 0 Å². The summed E-state index contributed by atoms with van der Waals surface area (Å²) < 4.78 is 41.0. The van der Waals surface area contributed by atoms with E-state index >= 15 is 0 Å². The molecule has 34 heavy (non-hydrogen) atoms. The van der Waals surface area contributed by atoms with Gasteiger partial charge in [-0.1, -0.05) is 18.9 Å². The Morgan fingerprint density at radius 2 is 1.94 bits per heavy atom. The van der Waals surface area contributed by atoms with E-state index in [2.05, 4.69) is 27.5 Å². The number of ether oxygens (including phenoxy) is 1. The van der Waals surface area contributed by atoms with Crippen molar-refractivity contribution < 1.29 is 27.8 Å². The summed E-state index contributed by atoms with van der Waals surface area (Å²) in [6.45, 7) is 3.36. The molecule has 2 aromatic rings. The Labute approximate surface area is 196 Å². The van der Waals surface area contributed by atoms with Crippen molar-refractivity contribution in [3.63, 3.8) is 0 Å². The van der Waals surface area contributed by atoms with Crippen LogP contribution < -0.4 is 11.1 Å². The third kappa shape index (κ3) is 5.26. The van der Waals surface area contributed by atoms with E-state index < -0.39 is 23.3 Å². The highest BCUT2D eigenvalue weighted by atomic mass is 32.1. The van der Waals surface area contributed by atoms with E-state index in [4.69, 9.17) is 14.6 Å². The predicted molar refractivity (Wildman–Crippen MR) is 116 cm³/mol. The summed E-state index contributed by atoms with van der Waals surface area (Å²) in [5.41, 5.74) is -1.30. The van der Waals surface area contributed by atoms with Gasteiger partial charge >= 0.3 is 23.3 Å². The lowest BCUT2D eigenvalue weighted by atomic mass is 10.0. The molecule has 0 aromatic carbocycles. The number of hydrogen-bond acceptors (Lipinski definition) is 7. The van der Waals surface area contributed by atoms with Gasteiger partial charge in [-0.15, -0.1) is 11.3 Å². The number of carbonyl (C=O) groups is 1. The van der Waals surface area contributed by atoms with Gasteiger partial charge in [-0.25, -0.2) is 9.48 Å². The third-order valence-corrected chi connectivity index (χ3v) is 7.25. The highest BCUT2D eigenvalue weighted by Crippen LogP contribution is 2.33. The molecule has 1 saturated heterocycles. The Bertz CT molecular complexity index is 1140. The number of alkyl halides is 3. The molecule has 0 radical (unpaired) electrons. The minimum atomic E-state index is -5.08. The van der Waals surface area contributed by atoms with Crippen LogP contribution in [0.2, 0.25) is 0 Å². The average Bonchev–Trinajstić information content (AvgIpc) is 3.55. The summed E-state index contributed by atoms with van der Waals surface area (Å²) in [5, 5.41) is 13.7. The molecule has 5 rings (SSSR count). The Morgan fingerprint density at radius 1 is 1.24 bits per heavy atom. The Morgan fingerprint density at radius 3 is 2.56 bits per heavy atom. The van der Waals surface area contributed by atoms with Gasteiger partial charge in [0.1, 0.15) is 12.2 Å². The maximum absolute atomic E-state index is 12.8. The van der Waals surface area contributed by atoms with Crippen molar-refractivity contribution in [2.24, 2.45) is 0 Å². The molecule has 1 atom stereocenters. The Hall–Kier alpha value is -2.51. The number of hydrogen-bond donors (Lipinski definition) is 1. The first kappa shape index (κ1) is 24.6. The highest BCUT2D eigenvalue weighted by molar-refractivity contribution is 7.09. The van der Waals surface area contributed by atoms with Crippen molar-refractivity contribution in [2.45, 2.75) is 69.6 Å². The molecule has 1 saturated carbocycles. The van der Waals surface area contributed by atoms with Crippen LogP contribution in [0.3, 0.4) is 0 Å². The van der Waals surface area contributed by atoms with Crippen LogP contribution >= 0.6 is 11.3 Å². The summed E-state index contributed by atoms with van der Waals surface area (Å²) in [6.07, 6.45) is -0.166. The minimum absolute atomic E-state index is 0.0692. The van der Waals surface area contributed by atoms with Crippen LogP contribution in [0.15, 0.2) is 27.1 Å². The first-order valence-electron chi connectivity index (χ1n) is 11.0. The lowest BCUT2D eigenvalue weighted by Crippen LogP contribution is -2.53. The van der Waals surface area contributed by atoms with E-state index in [0.29, 0.717) is 19.0 Å². The molecular formula is C21H25F3N4O5S. The van der Waals surface area contributed by atoms with Crippen LogP contribution in [-0.4, -0.2) is 55.2 Å². The summed E-state index contributed by atoms with van der Waals surface area (Å²) >= 11 is 1.76. The summed E-state index contributed by atoms with van der Waals surface area (Å²) in [7, 11) is 0. The van der Waals surface area contributed by atoms with E-state index in [1.54, 1.807) is 15.9 Å². The quantitative estimate of drug-likeness (QED) is 0.643. The Kier molecular flexibility index (Phi) is 6.97. The maximum atomic E-state index is 12.8. The number of likely N-dealkylation sites (tertiary alicyclic amines) is 1. The van der Waals surface area contributed by atoms with Crippen LogP contribution in [0.1, 0.15) is 48.8 Å². The van der Waals surface area contributed by atoms with Crippen LogP contribution in [0.25, 0.3) is 0 Å². The van der Waals surface area contributed by atoms with E-state index in [9.17, 15) is 22.8 Å². The molecule has 0 amide bonds. The molecule has 4 heterocycles. The smallest absolute Gasteiger partial charge is 0.475 e. The lowest BCUT2D eigenvalue weighted by molar-refractivity contribution is -0.192. The molecule has 1 aliphatic carbocycles. The first-order chi connectivity index (χ1) is 16.1. The zero-order chi connectivity index (χ0) is 24.5. The lowest BCUT2D eigenvalue weighted by Gasteiger charge is -2.35. The second-order valence-corrected chi connectivity index (χ2v) is 9.84. The number of nitrogens with zero attached hydrogens (tertiary/aromatic N) is 4. The van der Waals surface area contributed by atoms with Crippen molar-refractivity contribution in [1.82, 2.24) is 19.2 Å². The summed E-state index contributed by atoms with van der Waals surface area (Å²) in [6, 6.07) is 4.28. The van der Waals surface area contributed by atoms with E-state index in [1.165, 1.54) is 9.56 Å². The molecule has 1 N–H and O–H groups in total. The number of fused-ring (bicyclic) bond motifs is 1. The number of carboxylic acids is 1. The zero-order valence-corrected chi connectivity index (χ0v) is 19.1. The van der Waals surface area contributed by atoms with Gasteiger partial charge in [0, 0.05) is 24.5 Å². The van der Waals surface area contributed by atoms with Gasteiger partial charge in [0.05, 0.1) is 12.6 Å². The Balaban J connectivity index is 0.000000344. The normalized spacial score (nSPS) is 23.0. The van der Waals surface area contributed by atoms with Crippen LogP contribution in [0.5, 0.6) is 0 Å². The van der Waals surface area contributed by atoms with Crippen molar-refractivity contribution >= 4 is 17.3 Å². The molecule has 2 aromatic heterocycles. The third-order valence-electron chi connectivity index (χ3n) is 6.39. The first-order valence-corrected chi connectivity index (χ1v) is 11.9. The predicted octanol–water partition coefficient (Wildman–Crippen LogP) is 2.39. The summed E-state index contributed by atoms with van der Waals surface area (Å²) in [5.74, 6) is -2.17. The number of thiophene rings is 1. The maximum Gasteiger partial charge on any atom is 0.490 e. The van der Waals surface area contributed by atoms with Gasteiger partial charge in [-0.05, 0) is 30.7 Å². The molecule has 13 heteroatoms. The standard InChI is InChI=1S/C19H24N4O3S.C2HF3O2/c24-17-18(25)23(14-4-1-2-5-14)20-16-11-26-19(13-22(16)17)7-8-21(12-19)10-15-6-3-9-27-15;3-2(4,5)1(6)7/h3,6,9,14H,1-2,4-5,7-8,10-13H2;(H,6,7). The van der Waals surface area contributed by atoms with Gasteiger partial charge < -0.3 is 9.84 Å². The minimum Gasteiger partial charge on any atom is -0.475 e. The second kappa shape index (κ2) is 9.62. The fourth-order valence-corrected chi connectivity index (χ4v) is 5.45. The molecule has 0 bridgehead atoms. The highest BCUT2D eigenvalue weighted by Gasteiger charge is 2.43. The number of halogens is 3. The number of carboxylic acid groups (broad SMARTS) is 1. The molecule has 2 aliphatic heterocycles. The van der Waals surface area contributed by atoms with E-state index in [0.717, 1.165) is 51.7 Å². The fourth-order valence-electron chi connectivity index (χ4n) is 4.70. The van der Waals surface area contributed by atoms with Crippen LogP contribution in [0.4, 0.5) is 13.2 Å². The van der Waals surface area contributed by atoms with Crippen molar-refractivity contribution in [3.8, 4) is 0 Å². The molecule has 1 unspecified atom stereocenters. The SMILES string of the molecule is O=C(O)C(F)(F)F.O=c1c(=O)n2c(nn1C1CCCC1)COC1(CCN(Cc3cccs3)C1)C2. The molecule has 186 valence electrons. The number of rotatable bonds is 3. The van der Waals surface area contributed by atoms with Crippen molar-refractivity contribution in [1.29, 1.82) is 0 Å². The largest absolute Gasteiger partial charge is 0.490 e. The second-order valence-electron chi connectivity index (χ2n) is 8.81. The molecule has 1 spiro atoms. The van der Waals surface area contributed by atoms with Gasteiger partial charge in [0.2, 0.25) is 0 Å². The van der Waals surface area contributed by atoms with Gasteiger partial charge in [0.15, 0.2) is 5.82 Å². The topological polar surface area (TPSA) is 107 Å². The molecule has 3 aliphatic rings. The average molecular weight is 503 g/mol. The molecule has 2 fully saturated rings.